The zero-order valence-corrected chi connectivity index (χ0v) is 13.7. The second-order valence-corrected chi connectivity index (χ2v) is 7.21. The minimum absolute atomic E-state index is 0.0262. The van der Waals surface area contributed by atoms with E-state index in [0.29, 0.717) is 6.42 Å². The summed E-state index contributed by atoms with van der Waals surface area (Å²) < 4.78 is 24.3. The fourth-order valence-electron chi connectivity index (χ4n) is 2.56. The number of nitrogens with zero attached hydrogens (tertiary/aromatic N) is 1. The Morgan fingerprint density at radius 2 is 2.14 bits per heavy atom. The van der Waals surface area contributed by atoms with Crippen molar-refractivity contribution in [3.8, 4) is 0 Å². The smallest absolute Gasteiger partial charge is 0.209 e. The molecule has 0 unspecified atom stereocenters. The first kappa shape index (κ1) is 16.7. The van der Waals surface area contributed by atoms with Gasteiger partial charge in [-0.25, -0.2) is 13.6 Å². The van der Waals surface area contributed by atoms with E-state index in [0.717, 1.165) is 30.6 Å². The quantitative estimate of drug-likeness (QED) is 0.569. The van der Waals surface area contributed by atoms with Crippen molar-refractivity contribution in [1.29, 1.82) is 0 Å². The van der Waals surface area contributed by atoms with Gasteiger partial charge in [-0.05, 0) is 42.6 Å². The molecule has 0 aliphatic carbocycles. The highest BCUT2D eigenvalue weighted by molar-refractivity contribution is 7.89. The lowest BCUT2D eigenvalue weighted by Gasteiger charge is -2.04. The van der Waals surface area contributed by atoms with Crippen molar-refractivity contribution in [3.63, 3.8) is 0 Å². The Morgan fingerprint density at radius 1 is 1.36 bits per heavy atom. The highest BCUT2D eigenvalue weighted by Crippen LogP contribution is 2.23. The van der Waals surface area contributed by atoms with Crippen LogP contribution < -0.4 is 10.5 Å². The molecular formula is C16H23N3O2S. The second-order valence-electron chi connectivity index (χ2n) is 5.48. The fourth-order valence-corrected chi connectivity index (χ4v) is 3.08. The maximum atomic E-state index is 11.1. The minimum Gasteiger partial charge on any atom is -0.350 e. The van der Waals surface area contributed by atoms with Gasteiger partial charge in [-0.15, -0.1) is 6.58 Å². The van der Waals surface area contributed by atoms with Gasteiger partial charge in [-0.3, -0.25) is 0 Å². The van der Waals surface area contributed by atoms with Crippen LogP contribution in [0.1, 0.15) is 11.1 Å². The van der Waals surface area contributed by atoms with Crippen LogP contribution >= 0.6 is 0 Å². The maximum absolute atomic E-state index is 11.1. The Labute approximate surface area is 131 Å². The topological polar surface area (TPSA) is 77.1 Å². The molecule has 0 radical (unpaired) electrons. The molecule has 0 saturated heterocycles. The minimum atomic E-state index is -3.43. The van der Waals surface area contributed by atoms with Gasteiger partial charge < -0.3 is 9.88 Å². The molecule has 0 atom stereocenters. The Hall–Kier alpha value is -1.63. The Kier molecular flexibility index (Phi) is 5.39. The largest absolute Gasteiger partial charge is 0.350 e. The number of primary sulfonamides is 1. The zero-order chi connectivity index (χ0) is 16.2. The summed E-state index contributed by atoms with van der Waals surface area (Å²) in [5, 5.41) is 9.55. The summed E-state index contributed by atoms with van der Waals surface area (Å²) in [6, 6.07) is 6.07. The van der Waals surface area contributed by atoms with Gasteiger partial charge in [0.2, 0.25) is 10.0 Å². The van der Waals surface area contributed by atoms with Crippen molar-refractivity contribution >= 4 is 20.9 Å². The zero-order valence-electron chi connectivity index (χ0n) is 12.9. The number of rotatable bonds is 8. The van der Waals surface area contributed by atoms with E-state index in [2.05, 4.69) is 28.7 Å². The summed E-state index contributed by atoms with van der Waals surface area (Å²) in [5.74, 6) is -0.0262. The van der Waals surface area contributed by atoms with Crippen LogP contribution in [0.25, 0.3) is 10.9 Å². The van der Waals surface area contributed by atoms with Crippen molar-refractivity contribution in [2.45, 2.75) is 12.8 Å². The highest BCUT2D eigenvalue weighted by Gasteiger charge is 2.09. The van der Waals surface area contributed by atoms with Gasteiger partial charge >= 0.3 is 0 Å². The van der Waals surface area contributed by atoms with E-state index < -0.39 is 10.0 Å². The van der Waals surface area contributed by atoms with Crippen LogP contribution in [-0.4, -0.2) is 31.8 Å². The average Bonchev–Trinajstić information content (AvgIpc) is 2.77. The first-order valence-corrected chi connectivity index (χ1v) is 9.01. The monoisotopic (exact) mass is 321 g/mol. The summed E-state index contributed by atoms with van der Waals surface area (Å²) in [4.78, 5) is 0. The van der Waals surface area contributed by atoms with Crippen LogP contribution in [0, 0.1) is 0 Å². The molecule has 5 nitrogen and oxygen atoms in total. The molecule has 120 valence electrons. The number of hydrogen-bond acceptors (Lipinski definition) is 3. The van der Waals surface area contributed by atoms with Gasteiger partial charge in [-0.2, -0.15) is 0 Å². The first-order chi connectivity index (χ1) is 10.4. The second kappa shape index (κ2) is 7.09. The number of nitrogens with two attached hydrogens (primary N) is 1. The van der Waals surface area contributed by atoms with Crippen LogP contribution in [0.4, 0.5) is 0 Å². The summed E-state index contributed by atoms with van der Waals surface area (Å²) in [6.45, 7) is 5.36. The van der Waals surface area contributed by atoms with Gasteiger partial charge in [0.1, 0.15) is 0 Å². The number of sulfonamides is 1. The summed E-state index contributed by atoms with van der Waals surface area (Å²) in [5.41, 5.74) is 3.40. The van der Waals surface area contributed by atoms with Crippen LogP contribution in [0.3, 0.4) is 0 Å². The highest BCUT2D eigenvalue weighted by atomic mass is 32.2. The number of fused-ring (bicyclic) bond motifs is 1. The first-order valence-electron chi connectivity index (χ1n) is 7.29. The van der Waals surface area contributed by atoms with Gasteiger partial charge in [0, 0.05) is 30.7 Å². The van der Waals surface area contributed by atoms with E-state index in [1.165, 1.54) is 10.9 Å². The lowest BCUT2D eigenvalue weighted by Crippen LogP contribution is -2.18. The molecule has 1 aromatic heterocycles. The standard InChI is InChI=1S/C16H23N3O2S/c1-3-8-18-9-6-14-12-19(2)16-5-4-13(11-15(14)16)7-10-22(17,20)21/h3-5,11-12,18H,1,6-10H2,2H3,(H2,17,20,21). The van der Waals surface area contributed by atoms with E-state index in [-0.39, 0.29) is 5.75 Å². The summed E-state index contributed by atoms with van der Waals surface area (Å²) in [6.07, 6.45) is 5.33. The average molecular weight is 321 g/mol. The van der Waals surface area contributed by atoms with Crippen molar-refractivity contribution in [3.05, 3.63) is 48.2 Å². The lowest BCUT2D eigenvalue weighted by atomic mass is 10.1. The van der Waals surface area contributed by atoms with E-state index in [1.54, 1.807) is 0 Å². The van der Waals surface area contributed by atoms with E-state index in [1.807, 2.05) is 25.3 Å². The van der Waals surface area contributed by atoms with Gasteiger partial charge in [0.15, 0.2) is 0 Å². The van der Waals surface area contributed by atoms with Gasteiger partial charge in [0.25, 0.3) is 0 Å². The van der Waals surface area contributed by atoms with Crippen LogP contribution in [0.2, 0.25) is 0 Å². The molecule has 0 amide bonds. The van der Waals surface area contributed by atoms with E-state index in [9.17, 15) is 8.42 Å². The molecule has 0 bridgehead atoms. The molecule has 22 heavy (non-hydrogen) atoms. The number of aryl methyl sites for hydroxylation is 2. The van der Waals surface area contributed by atoms with Crippen molar-refractivity contribution in [1.82, 2.24) is 9.88 Å². The molecule has 0 aliphatic rings. The van der Waals surface area contributed by atoms with Crippen molar-refractivity contribution in [2.24, 2.45) is 12.2 Å². The fraction of sp³-hybridized carbons (Fsp3) is 0.375. The number of benzene rings is 1. The molecule has 0 spiro atoms. The number of hydrogen-bond donors (Lipinski definition) is 2. The Balaban J connectivity index is 2.19. The molecule has 0 aliphatic heterocycles. The molecule has 2 aromatic rings. The van der Waals surface area contributed by atoms with Crippen LogP contribution in [0.15, 0.2) is 37.1 Å². The van der Waals surface area contributed by atoms with Gasteiger partial charge in [0.05, 0.1) is 5.75 Å². The maximum Gasteiger partial charge on any atom is 0.209 e. The predicted molar refractivity (Wildman–Crippen MR) is 91.4 cm³/mol. The molecule has 0 fully saturated rings. The number of nitrogens with one attached hydrogen (secondary N) is 1. The van der Waals surface area contributed by atoms with E-state index in [4.69, 9.17) is 5.14 Å². The molecule has 1 aromatic carbocycles. The van der Waals surface area contributed by atoms with Crippen LogP contribution in [0.5, 0.6) is 0 Å². The molecular weight excluding hydrogens is 298 g/mol. The Morgan fingerprint density at radius 3 is 2.82 bits per heavy atom. The number of aromatic nitrogens is 1. The van der Waals surface area contributed by atoms with Gasteiger partial charge in [-0.1, -0.05) is 12.1 Å². The van der Waals surface area contributed by atoms with E-state index >= 15 is 0 Å². The molecule has 1 heterocycles. The summed E-state index contributed by atoms with van der Waals surface area (Å²) in [7, 11) is -1.40. The third-order valence-electron chi connectivity index (χ3n) is 3.67. The summed E-state index contributed by atoms with van der Waals surface area (Å²) >= 11 is 0. The third-order valence-corrected chi connectivity index (χ3v) is 4.44. The van der Waals surface area contributed by atoms with Crippen molar-refractivity contribution in [2.75, 3.05) is 18.8 Å². The SMILES string of the molecule is C=CCNCCc1cn(C)c2ccc(CCS(N)(=O)=O)cc12. The van der Waals surface area contributed by atoms with Crippen LogP contribution in [-0.2, 0) is 29.9 Å². The molecule has 6 heteroatoms. The predicted octanol–water partition coefficient (Wildman–Crippen LogP) is 1.33. The Bertz CT molecular complexity index is 763. The lowest BCUT2D eigenvalue weighted by molar-refractivity contribution is 0.597. The molecule has 2 rings (SSSR count). The molecule has 3 N–H and O–H groups in total. The van der Waals surface area contributed by atoms with Crippen molar-refractivity contribution < 1.29 is 8.42 Å². The molecule has 0 saturated carbocycles. The third kappa shape index (κ3) is 4.43. The normalized spacial score (nSPS) is 11.9.